The van der Waals surface area contributed by atoms with Gasteiger partial charge in [0.2, 0.25) is 5.82 Å². The van der Waals surface area contributed by atoms with Gasteiger partial charge in [-0.3, -0.25) is 9.63 Å². The minimum absolute atomic E-state index is 0.00791. The SMILES string of the molecule is C=C/C(=C\C=C(/C)c1nc2nc(C(=O)N(C)OC)nn2cc1-c1ccccc1)C1(N)CCC1. The van der Waals surface area contributed by atoms with Gasteiger partial charge in [-0.05, 0) is 42.9 Å². The Kier molecular flexibility index (Phi) is 6.22. The van der Waals surface area contributed by atoms with E-state index in [1.807, 2.05) is 61.7 Å². The fraction of sp³-hybridized carbons (Fsp3) is 0.280. The summed E-state index contributed by atoms with van der Waals surface area (Å²) in [7, 11) is 2.91. The zero-order chi connectivity index (χ0) is 23.6. The van der Waals surface area contributed by atoms with Crippen molar-refractivity contribution in [1.29, 1.82) is 0 Å². The lowest BCUT2D eigenvalue weighted by molar-refractivity contribution is -0.0764. The lowest BCUT2D eigenvalue weighted by Crippen LogP contribution is -2.47. The smallest absolute Gasteiger partial charge is 0.316 e. The zero-order valence-electron chi connectivity index (χ0n) is 19.2. The van der Waals surface area contributed by atoms with Crippen LogP contribution in [0.1, 0.15) is 42.5 Å². The number of carbonyl (C=O) groups is 1. The van der Waals surface area contributed by atoms with Gasteiger partial charge >= 0.3 is 5.91 Å². The van der Waals surface area contributed by atoms with Crippen molar-refractivity contribution in [2.24, 2.45) is 5.73 Å². The van der Waals surface area contributed by atoms with Gasteiger partial charge in [-0.15, -0.1) is 5.10 Å². The quantitative estimate of drug-likeness (QED) is 0.439. The van der Waals surface area contributed by atoms with Crippen LogP contribution in [0.15, 0.2) is 66.9 Å². The van der Waals surface area contributed by atoms with Crippen molar-refractivity contribution in [1.82, 2.24) is 24.6 Å². The number of fused-ring (bicyclic) bond motifs is 1. The first-order chi connectivity index (χ1) is 15.9. The van der Waals surface area contributed by atoms with E-state index >= 15 is 0 Å². The molecule has 0 bridgehead atoms. The van der Waals surface area contributed by atoms with E-state index in [2.05, 4.69) is 16.7 Å². The number of hydrogen-bond donors (Lipinski definition) is 1. The minimum Gasteiger partial charge on any atom is -0.321 e. The second-order valence-corrected chi connectivity index (χ2v) is 8.22. The number of amides is 1. The first-order valence-electron chi connectivity index (χ1n) is 10.8. The van der Waals surface area contributed by atoms with E-state index in [9.17, 15) is 4.79 Å². The molecule has 1 aliphatic carbocycles. The van der Waals surface area contributed by atoms with E-state index < -0.39 is 5.91 Å². The van der Waals surface area contributed by atoms with Crippen LogP contribution in [0.3, 0.4) is 0 Å². The molecule has 8 nitrogen and oxygen atoms in total. The molecule has 0 radical (unpaired) electrons. The summed E-state index contributed by atoms with van der Waals surface area (Å²) >= 11 is 0. The standard InChI is InChI=1S/C25H28N6O2/c1-5-19(25(26)14-9-15-25)13-12-17(2)21-20(18-10-7-6-8-11-18)16-31-24(27-21)28-22(29-31)23(32)30(3)33-4/h5-8,10-13,16H,1,9,14-15,26H2,2-4H3/b17-12+,19-13+. The zero-order valence-corrected chi connectivity index (χ0v) is 19.2. The number of benzene rings is 1. The Morgan fingerprint density at radius 1 is 1.24 bits per heavy atom. The van der Waals surface area contributed by atoms with Gasteiger partial charge in [0.15, 0.2) is 0 Å². The van der Waals surface area contributed by atoms with Gasteiger partial charge in [-0.25, -0.2) is 14.6 Å². The maximum Gasteiger partial charge on any atom is 0.316 e. The summed E-state index contributed by atoms with van der Waals surface area (Å²) in [5.41, 5.74) is 10.8. The molecule has 1 amide bonds. The molecule has 4 rings (SSSR count). The van der Waals surface area contributed by atoms with Crippen molar-refractivity contribution >= 4 is 17.3 Å². The van der Waals surface area contributed by atoms with Gasteiger partial charge in [0.1, 0.15) is 0 Å². The average Bonchev–Trinajstić information content (AvgIpc) is 3.24. The molecule has 8 heteroatoms. The number of allylic oxidation sites excluding steroid dienone is 3. The third kappa shape index (κ3) is 4.35. The Morgan fingerprint density at radius 3 is 2.58 bits per heavy atom. The summed E-state index contributed by atoms with van der Waals surface area (Å²) in [5.74, 6) is -0.119. The minimum atomic E-state index is -0.453. The van der Waals surface area contributed by atoms with Crippen LogP contribution >= 0.6 is 0 Å². The summed E-state index contributed by atoms with van der Waals surface area (Å²) in [6.07, 6.45) is 10.8. The molecule has 170 valence electrons. The monoisotopic (exact) mass is 444 g/mol. The molecule has 2 aromatic heterocycles. The highest BCUT2D eigenvalue weighted by Gasteiger charge is 2.34. The summed E-state index contributed by atoms with van der Waals surface area (Å²) in [4.78, 5) is 26.5. The Hall–Kier alpha value is -3.62. The Bertz CT molecular complexity index is 1250. The lowest BCUT2D eigenvalue weighted by Gasteiger charge is -2.39. The third-order valence-corrected chi connectivity index (χ3v) is 6.09. The Labute approximate surface area is 193 Å². The molecule has 1 saturated carbocycles. The fourth-order valence-corrected chi connectivity index (χ4v) is 3.84. The number of nitrogens with two attached hydrogens (primary N) is 1. The predicted molar refractivity (Wildman–Crippen MR) is 128 cm³/mol. The number of hydrogen-bond acceptors (Lipinski definition) is 6. The van der Waals surface area contributed by atoms with Gasteiger partial charge in [-0.2, -0.15) is 4.98 Å². The molecule has 3 aromatic rings. The molecule has 2 N–H and O–H groups in total. The highest BCUT2D eigenvalue weighted by atomic mass is 16.7. The number of hydroxylamine groups is 2. The van der Waals surface area contributed by atoms with Crippen LogP contribution in [-0.4, -0.2) is 50.2 Å². The van der Waals surface area contributed by atoms with Crippen molar-refractivity contribution < 1.29 is 9.63 Å². The molecule has 2 heterocycles. The van der Waals surface area contributed by atoms with Crippen LogP contribution in [0, 0.1) is 0 Å². The maximum absolute atomic E-state index is 12.5. The van der Waals surface area contributed by atoms with Crippen LogP contribution < -0.4 is 5.73 Å². The summed E-state index contributed by atoms with van der Waals surface area (Å²) < 4.78 is 1.52. The van der Waals surface area contributed by atoms with Gasteiger partial charge in [0.05, 0.1) is 12.8 Å². The molecular formula is C25H28N6O2. The van der Waals surface area contributed by atoms with Crippen molar-refractivity contribution in [3.8, 4) is 11.1 Å². The maximum atomic E-state index is 12.5. The molecule has 1 aromatic carbocycles. The molecule has 33 heavy (non-hydrogen) atoms. The van der Waals surface area contributed by atoms with E-state index in [1.54, 1.807) is 0 Å². The van der Waals surface area contributed by atoms with E-state index in [4.69, 9.17) is 15.6 Å². The van der Waals surface area contributed by atoms with Gasteiger partial charge in [0, 0.05) is 24.3 Å². The van der Waals surface area contributed by atoms with E-state index in [1.165, 1.54) is 18.7 Å². The molecule has 1 aliphatic rings. The summed E-state index contributed by atoms with van der Waals surface area (Å²) in [6, 6.07) is 9.92. The van der Waals surface area contributed by atoms with Crippen molar-refractivity contribution in [2.45, 2.75) is 31.7 Å². The number of carbonyl (C=O) groups excluding carboxylic acids is 1. The summed E-state index contributed by atoms with van der Waals surface area (Å²) in [5, 5.41) is 5.39. The molecular weight excluding hydrogens is 416 g/mol. The van der Waals surface area contributed by atoms with Crippen molar-refractivity contribution in [2.75, 3.05) is 14.2 Å². The third-order valence-electron chi connectivity index (χ3n) is 6.09. The number of rotatable bonds is 7. The Balaban J connectivity index is 1.83. The average molecular weight is 445 g/mol. The van der Waals surface area contributed by atoms with Crippen molar-refractivity contribution in [3.63, 3.8) is 0 Å². The van der Waals surface area contributed by atoms with E-state index in [0.717, 1.165) is 52.3 Å². The summed E-state index contributed by atoms with van der Waals surface area (Å²) in [6.45, 7) is 5.94. The Morgan fingerprint density at radius 2 is 1.97 bits per heavy atom. The number of aromatic nitrogens is 4. The molecule has 0 aliphatic heterocycles. The fourth-order valence-electron chi connectivity index (χ4n) is 3.84. The van der Waals surface area contributed by atoms with E-state index in [-0.39, 0.29) is 11.4 Å². The van der Waals surface area contributed by atoms with Crippen molar-refractivity contribution in [3.05, 3.63) is 78.4 Å². The number of nitrogens with zero attached hydrogens (tertiary/aromatic N) is 5. The van der Waals surface area contributed by atoms with Gasteiger partial charge in [-0.1, -0.05) is 55.1 Å². The predicted octanol–water partition coefficient (Wildman–Crippen LogP) is 3.82. The largest absolute Gasteiger partial charge is 0.321 e. The van der Waals surface area contributed by atoms with E-state index in [0.29, 0.717) is 5.78 Å². The molecule has 0 unspecified atom stereocenters. The molecule has 0 saturated heterocycles. The molecule has 1 fully saturated rings. The van der Waals surface area contributed by atoms with Crippen LogP contribution in [-0.2, 0) is 4.84 Å². The van der Waals surface area contributed by atoms with Crippen LogP contribution in [0.5, 0.6) is 0 Å². The lowest BCUT2D eigenvalue weighted by atomic mass is 9.72. The van der Waals surface area contributed by atoms with Gasteiger partial charge < -0.3 is 5.73 Å². The van der Waals surface area contributed by atoms with Crippen LogP contribution in [0.25, 0.3) is 22.5 Å². The van der Waals surface area contributed by atoms with Gasteiger partial charge in [0.25, 0.3) is 5.78 Å². The molecule has 0 spiro atoms. The highest BCUT2D eigenvalue weighted by molar-refractivity contribution is 5.90. The second-order valence-electron chi connectivity index (χ2n) is 8.22. The van der Waals surface area contributed by atoms with Crippen LogP contribution in [0.4, 0.5) is 0 Å². The second kappa shape index (κ2) is 9.09. The topological polar surface area (TPSA) is 98.6 Å². The van der Waals surface area contributed by atoms with Crippen LogP contribution in [0.2, 0.25) is 0 Å². The first-order valence-corrected chi connectivity index (χ1v) is 10.8. The first kappa shape index (κ1) is 22.6. The highest BCUT2D eigenvalue weighted by Crippen LogP contribution is 2.36. The molecule has 0 atom stereocenters. The normalized spacial score (nSPS) is 15.9.